The van der Waals surface area contributed by atoms with E-state index in [0.717, 1.165) is 41.3 Å². The quantitative estimate of drug-likeness (QED) is 0.428. The largest absolute Gasteiger partial charge is 0.395 e. The molecule has 0 atom stereocenters. The van der Waals surface area contributed by atoms with Crippen molar-refractivity contribution in [2.45, 2.75) is 0 Å². The first kappa shape index (κ1) is 22.5. The summed E-state index contributed by atoms with van der Waals surface area (Å²) in [5, 5.41) is 23.2. The first-order valence-corrected chi connectivity index (χ1v) is 9.34. The summed E-state index contributed by atoms with van der Waals surface area (Å²) in [5.41, 5.74) is -0.340. The Kier molecular flexibility index (Phi) is 6.86. The molecule has 2 amide bonds. The Hall–Kier alpha value is -4.18. The van der Waals surface area contributed by atoms with Crippen molar-refractivity contribution in [3.63, 3.8) is 0 Å². The summed E-state index contributed by atoms with van der Waals surface area (Å²) in [5.74, 6) is -2.58. The predicted octanol–water partition coefficient (Wildman–Crippen LogP) is 3.76. The maximum Gasteiger partial charge on any atom is 0.271 e. The normalized spacial score (nSPS) is 10.5. The first-order chi connectivity index (χ1) is 15.3. The molecule has 0 aliphatic carbocycles. The van der Waals surface area contributed by atoms with Crippen LogP contribution < -0.4 is 10.2 Å². The molecule has 0 aliphatic rings. The molecule has 0 fully saturated rings. The summed E-state index contributed by atoms with van der Waals surface area (Å²) in [4.78, 5) is 37.3. The van der Waals surface area contributed by atoms with Crippen molar-refractivity contribution in [2.75, 3.05) is 23.4 Å². The fourth-order valence-corrected chi connectivity index (χ4v) is 2.98. The van der Waals surface area contributed by atoms with E-state index in [0.29, 0.717) is 0 Å². The van der Waals surface area contributed by atoms with E-state index in [1.807, 2.05) is 0 Å². The van der Waals surface area contributed by atoms with Crippen molar-refractivity contribution in [1.82, 2.24) is 0 Å². The minimum Gasteiger partial charge on any atom is -0.395 e. The maximum atomic E-state index is 13.6. The van der Waals surface area contributed by atoms with Crippen LogP contribution in [0.25, 0.3) is 0 Å². The Morgan fingerprint density at radius 3 is 2.31 bits per heavy atom. The van der Waals surface area contributed by atoms with Gasteiger partial charge in [-0.15, -0.1) is 0 Å². The van der Waals surface area contributed by atoms with Crippen molar-refractivity contribution in [3.05, 3.63) is 99.6 Å². The number of carbonyl (C=O) groups excluding carboxylic acids is 2. The Morgan fingerprint density at radius 1 is 0.969 bits per heavy atom. The van der Waals surface area contributed by atoms with Crippen LogP contribution >= 0.6 is 0 Å². The second kappa shape index (κ2) is 9.75. The molecule has 0 aromatic heterocycles. The van der Waals surface area contributed by atoms with Crippen LogP contribution in [0, 0.1) is 21.7 Å². The molecule has 3 rings (SSSR count). The fourth-order valence-electron chi connectivity index (χ4n) is 2.98. The third-order valence-corrected chi connectivity index (χ3v) is 4.48. The van der Waals surface area contributed by atoms with Crippen molar-refractivity contribution < 1.29 is 28.4 Å². The molecule has 3 aromatic carbocycles. The molecular formula is C22H17F2N3O5. The Balaban J connectivity index is 2.04. The molecule has 10 heteroatoms. The van der Waals surface area contributed by atoms with Crippen LogP contribution in [0.2, 0.25) is 0 Å². The number of rotatable bonds is 7. The third-order valence-electron chi connectivity index (χ3n) is 4.48. The number of hydrogen-bond donors (Lipinski definition) is 2. The highest BCUT2D eigenvalue weighted by Crippen LogP contribution is 2.32. The average Bonchev–Trinajstić information content (AvgIpc) is 2.77. The SMILES string of the molecule is O=C(Nc1cc([N+](=O)[O-])ccc1N(CCO)C(=O)c1cccc(F)c1)c1ccc(F)cc1. The first-order valence-electron chi connectivity index (χ1n) is 9.34. The Bertz CT molecular complexity index is 1170. The molecule has 8 nitrogen and oxygen atoms in total. The summed E-state index contributed by atoms with van der Waals surface area (Å²) >= 11 is 0. The van der Waals surface area contributed by atoms with E-state index in [1.165, 1.54) is 30.3 Å². The molecule has 0 saturated heterocycles. The van der Waals surface area contributed by atoms with Gasteiger partial charge in [-0.25, -0.2) is 8.78 Å². The number of non-ortho nitro benzene ring substituents is 1. The highest BCUT2D eigenvalue weighted by atomic mass is 19.1. The second-order valence-corrected chi connectivity index (χ2v) is 6.61. The lowest BCUT2D eigenvalue weighted by molar-refractivity contribution is -0.384. The number of anilines is 2. The van der Waals surface area contributed by atoms with Gasteiger partial charge in [-0.05, 0) is 48.5 Å². The van der Waals surface area contributed by atoms with Gasteiger partial charge in [0.25, 0.3) is 17.5 Å². The average molecular weight is 441 g/mol. The number of nitrogens with one attached hydrogen (secondary N) is 1. The molecule has 32 heavy (non-hydrogen) atoms. The number of hydrogen-bond acceptors (Lipinski definition) is 5. The number of aliphatic hydroxyl groups excluding tert-OH is 1. The van der Waals surface area contributed by atoms with Gasteiger partial charge in [0.15, 0.2) is 0 Å². The molecule has 0 spiro atoms. The summed E-state index contributed by atoms with van der Waals surface area (Å²) in [7, 11) is 0. The Morgan fingerprint density at radius 2 is 1.69 bits per heavy atom. The Labute approximate surface area is 180 Å². The van der Waals surface area contributed by atoms with Crippen LogP contribution in [0.3, 0.4) is 0 Å². The molecular weight excluding hydrogens is 424 g/mol. The fraction of sp³-hybridized carbons (Fsp3) is 0.0909. The topological polar surface area (TPSA) is 113 Å². The smallest absolute Gasteiger partial charge is 0.271 e. The monoisotopic (exact) mass is 441 g/mol. The maximum absolute atomic E-state index is 13.6. The zero-order valence-electron chi connectivity index (χ0n) is 16.5. The number of benzene rings is 3. The zero-order valence-corrected chi connectivity index (χ0v) is 16.5. The van der Waals surface area contributed by atoms with E-state index in [2.05, 4.69) is 5.32 Å². The molecule has 0 saturated carbocycles. The predicted molar refractivity (Wildman–Crippen MR) is 113 cm³/mol. The van der Waals surface area contributed by atoms with Crippen LogP contribution in [0.15, 0.2) is 66.7 Å². The summed E-state index contributed by atoms with van der Waals surface area (Å²) < 4.78 is 26.8. The molecule has 0 unspecified atom stereocenters. The van der Waals surface area contributed by atoms with E-state index in [9.17, 15) is 33.6 Å². The van der Waals surface area contributed by atoms with Crippen molar-refractivity contribution in [3.8, 4) is 0 Å². The number of nitro benzene ring substituents is 1. The van der Waals surface area contributed by atoms with Gasteiger partial charge in [0.1, 0.15) is 11.6 Å². The lowest BCUT2D eigenvalue weighted by Gasteiger charge is -2.25. The molecule has 0 heterocycles. The van der Waals surface area contributed by atoms with Crippen LogP contribution in [-0.2, 0) is 0 Å². The molecule has 164 valence electrons. The number of carbonyl (C=O) groups is 2. The highest BCUT2D eigenvalue weighted by molar-refractivity contribution is 6.11. The van der Waals surface area contributed by atoms with Crippen LogP contribution in [0.5, 0.6) is 0 Å². The summed E-state index contributed by atoms with van der Waals surface area (Å²) in [6, 6.07) is 12.9. The highest BCUT2D eigenvalue weighted by Gasteiger charge is 2.23. The minimum absolute atomic E-state index is 0.0207. The number of halogens is 2. The zero-order chi connectivity index (χ0) is 23.3. The van der Waals surface area contributed by atoms with E-state index in [1.54, 1.807) is 0 Å². The van der Waals surface area contributed by atoms with Gasteiger partial charge in [-0.1, -0.05) is 6.07 Å². The van der Waals surface area contributed by atoms with Crippen LogP contribution in [-0.4, -0.2) is 35.0 Å². The van der Waals surface area contributed by atoms with Gasteiger partial charge in [-0.3, -0.25) is 19.7 Å². The van der Waals surface area contributed by atoms with Crippen LogP contribution in [0.4, 0.5) is 25.8 Å². The van der Waals surface area contributed by atoms with Gasteiger partial charge >= 0.3 is 0 Å². The van der Waals surface area contributed by atoms with Gasteiger partial charge in [-0.2, -0.15) is 0 Å². The molecule has 0 aliphatic heterocycles. The summed E-state index contributed by atoms with van der Waals surface area (Å²) in [6.45, 7) is -0.698. The second-order valence-electron chi connectivity index (χ2n) is 6.61. The minimum atomic E-state index is -0.700. The summed E-state index contributed by atoms with van der Waals surface area (Å²) in [6.07, 6.45) is 0. The van der Waals surface area contributed by atoms with Gasteiger partial charge in [0, 0.05) is 29.8 Å². The van der Waals surface area contributed by atoms with Gasteiger partial charge < -0.3 is 15.3 Å². The van der Waals surface area contributed by atoms with E-state index >= 15 is 0 Å². The third kappa shape index (κ3) is 5.10. The lowest BCUT2D eigenvalue weighted by atomic mass is 10.1. The number of nitro groups is 1. The van der Waals surface area contributed by atoms with E-state index in [4.69, 9.17) is 0 Å². The van der Waals surface area contributed by atoms with Crippen LogP contribution in [0.1, 0.15) is 20.7 Å². The standard InChI is InChI=1S/C22H17F2N3O5/c23-16-6-4-14(5-7-16)21(29)25-19-13-18(27(31)32)8-9-20(19)26(10-11-28)22(30)15-2-1-3-17(24)12-15/h1-9,12-13,28H,10-11H2,(H,25,29). The number of aliphatic hydroxyl groups is 1. The van der Waals surface area contributed by atoms with Gasteiger partial charge in [0.2, 0.25) is 0 Å². The number of nitrogens with zero attached hydrogens (tertiary/aromatic N) is 2. The van der Waals surface area contributed by atoms with E-state index in [-0.39, 0.29) is 34.7 Å². The molecule has 3 aromatic rings. The van der Waals surface area contributed by atoms with Crippen molar-refractivity contribution >= 4 is 28.9 Å². The molecule has 0 radical (unpaired) electrons. The van der Waals surface area contributed by atoms with Crippen molar-refractivity contribution in [1.29, 1.82) is 0 Å². The van der Waals surface area contributed by atoms with Crippen molar-refractivity contribution in [2.24, 2.45) is 0 Å². The van der Waals surface area contributed by atoms with Gasteiger partial charge in [0.05, 0.1) is 22.9 Å². The molecule has 2 N–H and O–H groups in total. The number of amides is 2. The lowest BCUT2D eigenvalue weighted by Crippen LogP contribution is -2.34. The molecule has 0 bridgehead atoms. The van der Waals surface area contributed by atoms with E-state index < -0.39 is 35.0 Å².